The maximum absolute atomic E-state index is 12.0. The summed E-state index contributed by atoms with van der Waals surface area (Å²) in [5.41, 5.74) is 0. The summed E-state index contributed by atoms with van der Waals surface area (Å²) in [4.78, 5) is 26.6. The minimum atomic E-state index is -0.868. The van der Waals surface area contributed by atoms with Crippen LogP contribution in [-0.4, -0.2) is 66.2 Å². The van der Waals surface area contributed by atoms with Gasteiger partial charge >= 0.3 is 12.0 Å². The van der Waals surface area contributed by atoms with Gasteiger partial charge in [0.05, 0.1) is 6.42 Å². The summed E-state index contributed by atoms with van der Waals surface area (Å²) in [7, 11) is 2.03. The van der Waals surface area contributed by atoms with E-state index < -0.39 is 5.97 Å². The third-order valence-electron chi connectivity index (χ3n) is 3.18. The molecular formula is C12H23N3O3. The van der Waals surface area contributed by atoms with Crippen molar-refractivity contribution in [1.82, 2.24) is 15.1 Å². The van der Waals surface area contributed by atoms with E-state index in [4.69, 9.17) is 5.11 Å². The number of piperazine rings is 1. The second-order valence-electron chi connectivity index (χ2n) is 4.82. The second kappa shape index (κ2) is 7.20. The Balaban J connectivity index is 2.42. The predicted molar refractivity (Wildman–Crippen MR) is 68.6 cm³/mol. The predicted octanol–water partition coefficient (Wildman–Crippen LogP) is 0.587. The second-order valence-corrected chi connectivity index (χ2v) is 4.82. The van der Waals surface area contributed by atoms with Crippen molar-refractivity contribution in [3.63, 3.8) is 0 Å². The van der Waals surface area contributed by atoms with E-state index in [1.165, 1.54) is 0 Å². The number of carboxylic acids is 1. The number of nitrogens with zero attached hydrogens (tertiary/aromatic N) is 2. The van der Waals surface area contributed by atoms with Gasteiger partial charge in [0.1, 0.15) is 0 Å². The minimum Gasteiger partial charge on any atom is -0.481 e. The third kappa shape index (κ3) is 4.91. The molecule has 6 heteroatoms. The van der Waals surface area contributed by atoms with Crippen LogP contribution in [0.1, 0.15) is 26.2 Å². The number of hydrogen-bond acceptors (Lipinski definition) is 3. The van der Waals surface area contributed by atoms with Crippen molar-refractivity contribution < 1.29 is 14.7 Å². The Bertz CT molecular complexity index is 288. The molecule has 2 N–H and O–H groups in total. The molecule has 2 amide bonds. The van der Waals surface area contributed by atoms with Crippen molar-refractivity contribution in [1.29, 1.82) is 0 Å². The Morgan fingerprint density at radius 2 is 1.89 bits per heavy atom. The molecule has 1 fully saturated rings. The van der Waals surface area contributed by atoms with Crippen LogP contribution in [0.2, 0.25) is 0 Å². The summed E-state index contributed by atoms with van der Waals surface area (Å²) in [5, 5.41) is 11.6. The molecule has 0 aromatic rings. The number of carbonyl (C=O) groups is 2. The van der Waals surface area contributed by atoms with Crippen molar-refractivity contribution in [3.05, 3.63) is 0 Å². The van der Waals surface area contributed by atoms with E-state index in [0.29, 0.717) is 19.5 Å². The fourth-order valence-corrected chi connectivity index (χ4v) is 2.06. The minimum absolute atomic E-state index is 0.00662. The van der Waals surface area contributed by atoms with Crippen molar-refractivity contribution in [2.45, 2.75) is 32.2 Å². The molecule has 1 heterocycles. The number of amides is 2. The summed E-state index contributed by atoms with van der Waals surface area (Å²) in [5.74, 6) is -0.868. The third-order valence-corrected chi connectivity index (χ3v) is 3.18. The average Bonchev–Trinajstić information content (AvgIpc) is 2.29. The van der Waals surface area contributed by atoms with Crippen molar-refractivity contribution >= 4 is 12.0 Å². The number of nitrogens with one attached hydrogen (secondary N) is 1. The Labute approximate surface area is 108 Å². The highest BCUT2D eigenvalue weighted by Gasteiger charge is 2.22. The average molecular weight is 257 g/mol. The van der Waals surface area contributed by atoms with Crippen LogP contribution in [0.15, 0.2) is 0 Å². The first-order valence-electron chi connectivity index (χ1n) is 6.48. The quantitative estimate of drug-likeness (QED) is 0.756. The highest BCUT2D eigenvalue weighted by Crippen LogP contribution is 2.05. The number of aliphatic carboxylic acids is 1. The summed E-state index contributed by atoms with van der Waals surface area (Å²) in [6.45, 7) is 5.12. The first kappa shape index (κ1) is 14.8. The highest BCUT2D eigenvalue weighted by atomic mass is 16.4. The first-order valence-corrected chi connectivity index (χ1v) is 6.48. The van der Waals surface area contributed by atoms with Gasteiger partial charge in [-0.1, -0.05) is 13.3 Å². The first-order chi connectivity index (χ1) is 8.52. The number of hydrogen-bond donors (Lipinski definition) is 2. The van der Waals surface area contributed by atoms with E-state index in [0.717, 1.165) is 19.5 Å². The van der Waals surface area contributed by atoms with Gasteiger partial charge < -0.3 is 20.2 Å². The molecule has 0 radical (unpaired) electrons. The lowest BCUT2D eigenvalue weighted by molar-refractivity contribution is -0.137. The zero-order valence-corrected chi connectivity index (χ0v) is 11.2. The Morgan fingerprint density at radius 3 is 2.39 bits per heavy atom. The Kier molecular flexibility index (Phi) is 5.91. The molecule has 1 unspecified atom stereocenters. The molecule has 1 aliphatic heterocycles. The highest BCUT2D eigenvalue weighted by molar-refractivity contribution is 5.76. The molecule has 0 spiro atoms. The van der Waals surface area contributed by atoms with Gasteiger partial charge in [0.2, 0.25) is 0 Å². The van der Waals surface area contributed by atoms with Crippen molar-refractivity contribution in [2.24, 2.45) is 0 Å². The zero-order valence-electron chi connectivity index (χ0n) is 11.2. The van der Waals surface area contributed by atoms with Crippen LogP contribution in [0, 0.1) is 0 Å². The number of likely N-dealkylation sites (N-methyl/N-ethyl adjacent to an activating group) is 1. The molecule has 6 nitrogen and oxygen atoms in total. The molecule has 1 aliphatic rings. The summed E-state index contributed by atoms with van der Waals surface area (Å²) >= 11 is 0. The fourth-order valence-electron chi connectivity index (χ4n) is 2.06. The summed E-state index contributed by atoms with van der Waals surface area (Å²) in [6.07, 6.45) is 1.56. The van der Waals surface area contributed by atoms with Crippen molar-refractivity contribution in [3.8, 4) is 0 Å². The van der Waals surface area contributed by atoms with Gasteiger partial charge in [0.15, 0.2) is 0 Å². The van der Waals surface area contributed by atoms with E-state index >= 15 is 0 Å². The lowest BCUT2D eigenvalue weighted by Crippen LogP contribution is -2.52. The number of rotatable bonds is 5. The Morgan fingerprint density at radius 1 is 1.28 bits per heavy atom. The molecule has 18 heavy (non-hydrogen) atoms. The van der Waals surface area contributed by atoms with E-state index in [9.17, 15) is 9.59 Å². The van der Waals surface area contributed by atoms with Crippen LogP contribution < -0.4 is 5.32 Å². The van der Waals surface area contributed by atoms with E-state index in [1.807, 2.05) is 14.0 Å². The summed E-state index contributed by atoms with van der Waals surface area (Å²) < 4.78 is 0. The zero-order chi connectivity index (χ0) is 13.5. The smallest absolute Gasteiger partial charge is 0.317 e. The van der Waals surface area contributed by atoms with Crippen LogP contribution in [0.5, 0.6) is 0 Å². The fraction of sp³-hybridized carbons (Fsp3) is 0.833. The molecule has 0 aromatic carbocycles. The largest absolute Gasteiger partial charge is 0.481 e. The van der Waals surface area contributed by atoms with Gasteiger partial charge in [-0.3, -0.25) is 4.79 Å². The van der Waals surface area contributed by atoms with E-state index in [1.54, 1.807) is 4.90 Å². The molecule has 0 saturated carbocycles. The molecule has 104 valence electrons. The molecule has 0 aliphatic carbocycles. The molecule has 1 rings (SSSR count). The number of carbonyl (C=O) groups excluding carboxylic acids is 1. The Hall–Kier alpha value is -1.30. The molecule has 0 aromatic heterocycles. The molecule has 1 atom stereocenters. The maximum Gasteiger partial charge on any atom is 0.317 e. The lowest BCUT2D eigenvalue weighted by atomic mass is 10.1. The van der Waals surface area contributed by atoms with Gasteiger partial charge in [-0.25, -0.2) is 4.79 Å². The van der Waals surface area contributed by atoms with Gasteiger partial charge in [0.25, 0.3) is 0 Å². The number of carboxylic acid groups (broad SMARTS) is 1. The van der Waals surface area contributed by atoms with Crippen LogP contribution >= 0.6 is 0 Å². The van der Waals surface area contributed by atoms with E-state index in [-0.39, 0.29) is 18.5 Å². The van der Waals surface area contributed by atoms with E-state index in [2.05, 4.69) is 10.2 Å². The molecular weight excluding hydrogens is 234 g/mol. The number of urea groups is 1. The summed E-state index contributed by atoms with van der Waals surface area (Å²) in [6, 6.07) is -0.401. The molecule has 0 bridgehead atoms. The van der Waals surface area contributed by atoms with Crippen LogP contribution in [-0.2, 0) is 4.79 Å². The van der Waals surface area contributed by atoms with Crippen LogP contribution in [0.25, 0.3) is 0 Å². The maximum atomic E-state index is 12.0. The normalized spacial score (nSPS) is 18.4. The molecule has 1 saturated heterocycles. The monoisotopic (exact) mass is 257 g/mol. The van der Waals surface area contributed by atoms with Crippen LogP contribution in [0.3, 0.4) is 0 Å². The SMILES string of the molecule is CCCC(CC(=O)O)NC(=O)N1CCN(C)CC1. The van der Waals surface area contributed by atoms with Gasteiger partial charge in [-0.05, 0) is 13.5 Å². The van der Waals surface area contributed by atoms with Gasteiger partial charge in [-0.15, -0.1) is 0 Å². The van der Waals surface area contributed by atoms with Gasteiger partial charge in [-0.2, -0.15) is 0 Å². The van der Waals surface area contributed by atoms with Crippen molar-refractivity contribution in [2.75, 3.05) is 33.2 Å². The standard InChI is InChI=1S/C12H23N3O3/c1-3-4-10(9-11(16)17)13-12(18)15-7-5-14(2)6-8-15/h10H,3-9H2,1-2H3,(H,13,18)(H,16,17). The lowest BCUT2D eigenvalue weighted by Gasteiger charge is -2.33. The van der Waals surface area contributed by atoms with Gasteiger partial charge in [0, 0.05) is 32.2 Å². The van der Waals surface area contributed by atoms with Crippen LogP contribution in [0.4, 0.5) is 4.79 Å². The topological polar surface area (TPSA) is 72.9 Å².